The minimum absolute atomic E-state index is 0.145. The number of likely N-dealkylation sites (tertiary alicyclic amines) is 1. The van der Waals surface area contributed by atoms with Crippen LogP contribution in [0, 0.1) is 10.8 Å². The first-order chi connectivity index (χ1) is 6.22. The molecule has 0 aromatic rings. The smallest absolute Gasteiger partial charge is 0.0962 e. The predicted molar refractivity (Wildman–Crippen MR) is 61.8 cm³/mol. The van der Waals surface area contributed by atoms with Crippen molar-refractivity contribution >= 4 is 5.84 Å². The van der Waals surface area contributed by atoms with Crippen LogP contribution < -0.4 is 0 Å². The summed E-state index contributed by atoms with van der Waals surface area (Å²) in [4.78, 5) is 2.28. The summed E-state index contributed by atoms with van der Waals surface area (Å²) in [5.41, 5.74) is 0.484. The molecule has 2 nitrogen and oxygen atoms in total. The number of rotatable bonds is 2. The van der Waals surface area contributed by atoms with Gasteiger partial charge in [0.1, 0.15) is 0 Å². The SMILES string of the molecule is CC(C)(C)CC(C)(C)N1CCCC1=N. The lowest BCUT2D eigenvalue weighted by Gasteiger charge is -2.41. The normalized spacial score (nSPS) is 19.2. The molecule has 1 aliphatic rings. The van der Waals surface area contributed by atoms with E-state index in [9.17, 15) is 0 Å². The standard InChI is InChI=1S/C12H24N2/c1-11(2,3)9-12(4,5)14-8-6-7-10(14)13/h13H,6-9H2,1-5H3. The van der Waals surface area contributed by atoms with Crippen LogP contribution in [-0.2, 0) is 0 Å². The number of nitrogens with zero attached hydrogens (tertiary/aromatic N) is 1. The highest BCUT2D eigenvalue weighted by Crippen LogP contribution is 2.33. The summed E-state index contributed by atoms with van der Waals surface area (Å²) < 4.78 is 0. The third-order valence-corrected chi connectivity index (χ3v) is 2.81. The summed E-state index contributed by atoms with van der Waals surface area (Å²) in [6, 6.07) is 0. The molecule has 0 aromatic carbocycles. The number of hydrogen-bond donors (Lipinski definition) is 1. The van der Waals surface area contributed by atoms with Crippen LogP contribution in [0.1, 0.15) is 53.9 Å². The van der Waals surface area contributed by atoms with E-state index in [1.54, 1.807) is 0 Å². The topological polar surface area (TPSA) is 27.1 Å². The van der Waals surface area contributed by atoms with Crippen molar-refractivity contribution in [2.45, 2.75) is 59.4 Å². The van der Waals surface area contributed by atoms with Crippen molar-refractivity contribution in [1.82, 2.24) is 4.90 Å². The summed E-state index contributed by atoms with van der Waals surface area (Å²) in [7, 11) is 0. The maximum Gasteiger partial charge on any atom is 0.0962 e. The van der Waals surface area contributed by atoms with Gasteiger partial charge in [0.05, 0.1) is 5.84 Å². The molecule has 14 heavy (non-hydrogen) atoms. The van der Waals surface area contributed by atoms with Gasteiger partial charge in [0.2, 0.25) is 0 Å². The quantitative estimate of drug-likeness (QED) is 0.721. The van der Waals surface area contributed by atoms with Gasteiger partial charge in [-0.15, -0.1) is 0 Å². The Labute approximate surface area is 88.2 Å². The number of hydrogen-bond acceptors (Lipinski definition) is 1. The lowest BCUT2D eigenvalue weighted by Crippen LogP contribution is -2.46. The molecule has 1 N–H and O–H groups in total. The number of nitrogens with one attached hydrogen (secondary N) is 1. The molecule has 0 saturated carbocycles. The molecule has 0 bridgehead atoms. The molecule has 1 heterocycles. The number of amidine groups is 1. The van der Waals surface area contributed by atoms with Crippen LogP contribution in [0.2, 0.25) is 0 Å². The molecule has 1 fully saturated rings. The van der Waals surface area contributed by atoms with Gasteiger partial charge in [-0.05, 0) is 32.1 Å². The van der Waals surface area contributed by atoms with Gasteiger partial charge in [-0.25, -0.2) is 0 Å². The molecule has 0 atom stereocenters. The van der Waals surface area contributed by atoms with Gasteiger partial charge in [0, 0.05) is 18.5 Å². The van der Waals surface area contributed by atoms with Gasteiger partial charge in [-0.3, -0.25) is 5.41 Å². The van der Waals surface area contributed by atoms with Gasteiger partial charge in [0.15, 0.2) is 0 Å². The Morgan fingerprint density at radius 3 is 2.14 bits per heavy atom. The maximum atomic E-state index is 7.90. The molecule has 0 amide bonds. The second kappa shape index (κ2) is 3.56. The molecule has 0 aromatic heterocycles. The molecule has 0 aliphatic carbocycles. The second-order valence-electron chi connectivity index (χ2n) is 6.25. The van der Waals surface area contributed by atoms with Crippen molar-refractivity contribution in [3.8, 4) is 0 Å². The molecule has 1 aliphatic heterocycles. The van der Waals surface area contributed by atoms with E-state index in [0.717, 1.165) is 31.6 Å². The van der Waals surface area contributed by atoms with E-state index in [2.05, 4.69) is 39.5 Å². The van der Waals surface area contributed by atoms with Crippen LogP contribution in [0.15, 0.2) is 0 Å². The monoisotopic (exact) mass is 196 g/mol. The minimum atomic E-state index is 0.145. The van der Waals surface area contributed by atoms with E-state index in [1.807, 2.05) is 0 Å². The van der Waals surface area contributed by atoms with Crippen molar-refractivity contribution < 1.29 is 0 Å². The van der Waals surface area contributed by atoms with Crippen LogP contribution in [-0.4, -0.2) is 22.8 Å². The summed E-state index contributed by atoms with van der Waals surface area (Å²) in [5.74, 6) is 0.833. The molecule has 2 heteroatoms. The van der Waals surface area contributed by atoms with Gasteiger partial charge in [-0.2, -0.15) is 0 Å². The summed E-state index contributed by atoms with van der Waals surface area (Å²) in [6.45, 7) is 12.4. The highest BCUT2D eigenvalue weighted by atomic mass is 15.2. The van der Waals surface area contributed by atoms with Crippen LogP contribution in [0.25, 0.3) is 0 Å². The Morgan fingerprint density at radius 1 is 1.21 bits per heavy atom. The van der Waals surface area contributed by atoms with E-state index >= 15 is 0 Å². The van der Waals surface area contributed by atoms with Gasteiger partial charge in [-0.1, -0.05) is 20.8 Å². The van der Waals surface area contributed by atoms with Gasteiger partial charge < -0.3 is 4.90 Å². The average Bonchev–Trinajstić information content (AvgIpc) is 2.29. The largest absolute Gasteiger partial charge is 0.355 e. The minimum Gasteiger partial charge on any atom is -0.355 e. The molecule has 0 radical (unpaired) electrons. The van der Waals surface area contributed by atoms with E-state index in [1.165, 1.54) is 0 Å². The summed E-state index contributed by atoms with van der Waals surface area (Å²) in [6.07, 6.45) is 3.27. The molecule has 1 saturated heterocycles. The molecule has 0 spiro atoms. The zero-order valence-electron chi connectivity index (χ0n) is 10.3. The Bertz CT molecular complexity index is 223. The van der Waals surface area contributed by atoms with E-state index in [-0.39, 0.29) is 5.54 Å². The lowest BCUT2D eigenvalue weighted by molar-refractivity contribution is 0.153. The molecular formula is C12H24N2. The highest BCUT2D eigenvalue weighted by molar-refractivity contribution is 5.81. The highest BCUT2D eigenvalue weighted by Gasteiger charge is 2.34. The Hall–Kier alpha value is -0.530. The Balaban J connectivity index is 2.69. The van der Waals surface area contributed by atoms with Crippen LogP contribution in [0.5, 0.6) is 0 Å². The van der Waals surface area contributed by atoms with Crippen molar-refractivity contribution in [3.63, 3.8) is 0 Å². The average molecular weight is 196 g/mol. The fourth-order valence-corrected chi connectivity index (χ4v) is 2.74. The molecule has 82 valence electrons. The van der Waals surface area contributed by atoms with Crippen molar-refractivity contribution in [2.24, 2.45) is 5.41 Å². The van der Waals surface area contributed by atoms with Gasteiger partial charge >= 0.3 is 0 Å². The first-order valence-corrected chi connectivity index (χ1v) is 5.57. The van der Waals surface area contributed by atoms with E-state index < -0.39 is 0 Å². The lowest BCUT2D eigenvalue weighted by atomic mass is 9.81. The first kappa shape index (κ1) is 11.5. The fraction of sp³-hybridized carbons (Fsp3) is 0.917. The Morgan fingerprint density at radius 2 is 1.79 bits per heavy atom. The van der Waals surface area contributed by atoms with Crippen molar-refractivity contribution in [3.05, 3.63) is 0 Å². The van der Waals surface area contributed by atoms with Crippen LogP contribution in [0.4, 0.5) is 0 Å². The predicted octanol–water partition coefficient (Wildman–Crippen LogP) is 3.27. The fourth-order valence-electron chi connectivity index (χ4n) is 2.74. The third kappa shape index (κ3) is 2.73. The molecule has 0 unspecified atom stereocenters. The van der Waals surface area contributed by atoms with Crippen molar-refractivity contribution in [1.29, 1.82) is 5.41 Å². The van der Waals surface area contributed by atoms with E-state index in [0.29, 0.717) is 5.41 Å². The van der Waals surface area contributed by atoms with Gasteiger partial charge in [0.25, 0.3) is 0 Å². The second-order valence-corrected chi connectivity index (χ2v) is 6.25. The third-order valence-electron chi connectivity index (χ3n) is 2.81. The molecular weight excluding hydrogens is 172 g/mol. The maximum absolute atomic E-state index is 7.90. The zero-order valence-corrected chi connectivity index (χ0v) is 10.3. The van der Waals surface area contributed by atoms with Crippen LogP contribution in [0.3, 0.4) is 0 Å². The van der Waals surface area contributed by atoms with E-state index in [4.69, 9.17) is 5.41 Å². The van der Waals surface area contributed by atoms with Crippen molar-refractivity contribution in [2.75, 3.05) is 6.54 Å². The van der Waals surface area contributed by atoms with Crippen LogP contribution >= 0.6 is 0 Å². The first-order valence-electron chi connectivity index (χ1n) is 5.57. The summed E-state index contributed by atoms with van der Waals surface area (Å²) >= 11 is 0. The Kier molecular flexibility index (Phi) is 2.93. The summed E-state index contributed by atoms with van der Waals surface area (Å²) in [5, 5.41) is 7.90. The molecule has 1 rings (SSSR count). The zero-order chi connectivity index (χ0) is 11.0.